The van der Waals surface area contributed by atoms with E-state index in [0.717, 1.165) is 57.8 Å². The van der Waals surface area contributed by atoms with E-state index in [1.807, 2.05) is 0 Å². The van der Waals surface area contributed by atoms with E-state index in [4.69, 9.17) is 0 Å². The van der Waals surface area contributed by atoms with Crippen LogP contribution in [0.25, 0.3) is 0 Å². The maximum Gasteiger partial charge on any atom is 0.310 e. The van der Waals surface area contributed by atoms with Crippen LogP contribution in [0.4, 0.5) is 0 Å². The van der Waals surface area contributed by atoms with Gasteiger partial charge in [-0.05, 0) is 111 Å². The molecule has 0 aliphatic heterocycles. The summed E-state index contributed by atoms with van der Waals surface area (Å²) >= 11 is 0. The van der Waals surface area contributed by atoms with Crippen molar-refractivity contribution in [2.45, 2.75) is 125 Å². The van der Waals surface area contributed by atoms with Crippen molar-refractivity contribution in [1.29, 1.82) is 0 Å². The Balaban J connectivity index is 1.59. The van der Waals surface area contributed by atoms with Gasteiger partial charge in [0.1, 0.15) is 5.60 Å². The predicted molar refractivity (Wildman–Crippen MR) is 142 cm³/mol. The second kappa shape index (κ2) is 7.48. The van der Waals surface area contributed by atoms with Gasteiger partial charge in [-0.25, -0.2) is 0 Å². The zero-order valence-corrected chi connectivity index (χ0v) is 24.1. The van der Waals surface area contributed by atoms with Gasteiger partial charge in [0.05, 0.1) is 5.41 Å². The summed E-state index contributed by atoms with van der Waals surface area (Å²) in [5, 5.41) is 22.1. The van der Waals surface area contributed by atoms with Gasteiger partial charge in [0.2, 0.25) is 0 Å². The van der Waals surface area contributed by atoms with E-state index in [0.29, 0.717) is 18.3 Å². The number of hydrogen-bond acceptors (Lipinski definition) is 3. The summed E-state index contributed by atoms with van der Waals surface area (Å²) in [4.78, 5) is 25.5. The fourth-order valence-electron chi connectivity index (χ4n) is 11.2. The van der Waals surface area contributed by atoms with Gasteiger partial charge in [-0.1, -0.05) is 60.1 Å². The average Bonchev–Trinajstić information content (AvgIpc) is 2.76. The summed E-state index contributed by atoms with van der Waals surface area (Å²) in [6, 6.07) is 0. The number of aliphatic hydroxyl groups is 1. The summed E-state index contributed by atoms with van der Waals surface area (Å²) in [6.07, 6.45) is 11.5. The van der Waals surface area contributed by atoms with Crippen LogP contribution in [-0.2, 0) is 9.59 Å². The third kappa shape index (κ3) is 2.97. The third-order valence-corrected chi connectivity index (χ3v) is 13.9. The van der Waals surface area contributed by atoms with Crippen molar-refractivity contribution in [1.82, 2.24) is 0 Å². The number of carbonyl (C=O) groups excluding carboxylic acids is 1. The molecule has 202 valence electrons. The van der Waals surface area contributed by atoms with Gasteiger partial charge < -0.3 is 10.2 Å². The first-order chi connectivity index (χ1) is 16.4. The van der Waals surface area contributed by atoms with Gasteiger partial charge in [-0.2, -0.15) is 0 Å². The lowest BCUT2D eigenvalue weighted by atomic mass is 9.32. The molecule has 5 rings (SSSR count). The Morgan fingerprint density at radius 3 is 2.11 bits per heavy atom. The highest BCUT2D eigenvalue weighted by Crippen LogP contribution is 2.76. The molecule has 4 heteroatoms. The number of carboxylic acid groups (broad SMARTS) is 1. The molecule has 0 unspecified atom stereocenters. The van der Waals surface area contributed by atoms with Crippen LogP contribution in [0.3, 0.4) is 0 Å². The molecule has 36 heavy (non-hydrogen) atoms. The Bertz CT molecular complexity index is 1020. The predicted octanol–water partition coefficient (Wildman–Crippen LogP) is 7.19. The molecule has 0 spiro atoms. The van der Waals surface area contributed by atoms with Gasteiger partial charge >= 0.3 is 5.97 Å². The molecule has 0 heterocycles. The Morgan fingerprint density at radius 1 is 0.861 bits per heavy atom. The van der Waals surface area contributed by atoms with Gasteiger partial charge in [0, 0.05) is 5.41 Å². The first kappa shape index (κ1) is 26.4. The van der Waals surface area contributed by atoms with Crippen LogP contribution in [0.2, 0.25) is 0 Å². The molecule has 0 amide bonds. The number of carboxylic acids is 1. The van der Waals surface area contributed by atoms with Gasteiger partial charge in [-0.15, -0.1) is 0 Å². The fourth-order valence-corrected chi connectivity index (χ4v) is 11.2. The first-order valence-corrected chi connectivity index (χ1v) is 14.6. The van der Waals surface area contributed by atoms with Crippen molar-refractivity contribution in [2.75, 3.05) is 0 Å². The molecular weight excluding hydrogens is 448 g/mol. The minimum atomic E-state index is -1.25. The van der Waals surface area contributed by atoms with Crippen LogP contribution < -0.4 is 0 Å². The van der Waals surface area contributed by atoms with Gasteiger partial charge in [0.25, 0.3) is 0 Å². The van der Waals surface area contributed by atoms with Crippen molar-refractivity contribution in [3.05, 3.63) is 11.6 Å². The molecule has 8 atom stereocenters. The smallest absolute Gasteiger partial charge is 0.310 e. The zero-order chi connectivity index (χ0) is 26.7. The summed E-state index contributed by atoms with van der Waals surface area (Å²) in [7, 11) is 0. The molecule has 0 radical (unpaired) electrons. The van der Waals surface area contributed by atoms with Crippen LogP contribution in [-0.4, -0.2) is 27.6 Å². The maximum atomic E-state index is 12.8. The average molecular weight is 499 g/mol. The molecular formula is C32H50O4. The fraction of sp³-hybridized carbons (Fsp3) is 0.875. The molecule has 0 aromatic rings. The second-order valence-electron chi connectivity index (χ2n) is 15.8. The highest BCUT2D eigenvalue weighted by molar-refractivity contribution is 5.86. The van der Waals surface area contributed by atoms with Gasteiger partial charge in [0.15, 0.2) is 5.78 Å². The van der Waals surface area contributed by atoms with E-state index in [1.54, 1.807) is 6.92 Å². The highest BCUT2D eigenvalue weighted by Gasteiger charge is 2.71. The SMILES string of the molecule is CC(=O)[C@@]1(O)CC[C@]2(C)[C@H]3CC=C4[C@@H]5CC(C)(C)CC[C@]5(C(=O)O)CC[C@@]4(C)[C@]3(C)CC[C@H]2C1(C)C. The molecule has 0 aromatic carbocycles. The van der Waals surface area contributed by atoms with Crippen LogP contribution in [0.5, 0.6) is 0 Å². The van der Waals surface area contributed by atoms with Crippen LogP contribution in [0, 0.1) is 50.2 Å². The molecule has 0 saturated heterocycles. The quantitative estimate of drug-likeness (QED) is 0.395. The van der Waals surface area contributed by atoms with Crippen molar-refractivity contribution >= 4 is 11.8 Å². The van der Waals surface area contributed by atoms with E-state index >= 15 is 0 Å². The highest BCUT2D eigenvalue weighted by atomic mass is 16.4. The van der Waals surface area contributed by atoms with Crippen molar-refractivity contribution in [3.63, 3.8) is 0 Å². The molecule has 0 bridgehead atoms. The number of rotatable bonds is 2. The van der Waals surface area contributed by atoms with E-state index in [-0.39, 0.29) is 33.4 Å². The van der Waals surface area contributed by atoms with Crippen LogP contribution >= 0.6 is 0 Å². The Morgan fingerprint density at radius 2 is 1.50 bits per heavy atom. The molecule has 4 nitrogen and oxygen atoms in total. The largest absolute Gasteiger partial charge is 0.481 e. The van der Waals surface area contributed by atoms with Crippen LogP contribution in [0.15, 0.2) is 11.6 Å². The first-order valence-electron chi connectivity index (χ1n) is 14.6. The lowest BCUT2D eigenvalue weighted by molar-refractivity contribution is -0.230. The topological polar surface area (TPSA) is 74.6 Å². The van der Waals surface area contributed by atoms with Crippen molar-refractivity contribution in [2.24, 2.45) is 50.2 Å². The minimum Gasteiger partial charge on any atom is -0.481 e. The molecule has 0 aromatic heterocycles. The summed E-state index contributed by atoms with van der Waals surface area (Å²) in [6.45, 7) is 17.9. The number of aliphatic carboxylic acids is 1. The number of allylic oxidation sites excluding steroid dienone is 2. The van der Waals surface area contributed by atoms with Gasteiger partial charge in [-0.3, -0.25) is 9.59 Å². The van der Waals surface area contributed by atoms with Crippen LogP contribution in [0.1, 0.15) is 120 Å². The standard InChI is InChI=1S/C32H50O4/c1-20(33)32(36)18-14-28(6)23(27(32,4)5)11-12-30(8)24(28)10-9-21-22-19-26(2,3)13-16-31(22,25(34)35)17-15-29(21,30)7/h9,22-24,36H,10-19H2,1-8H3,(H,34,35)/t22-,23-,24+,28-,29+,30+,31-,32-/m0/s1. The van der Waals surface area contributed by atoms with E-state index < -0.39 is 22.4 Å². The summed E-state index contributed by atoms with van der Waals surface area (Å²) in [5.41, 5.74) is -0.530. The number of carbonyl (C=O) groups is 2. The lowest BCUT2D eigenvalue weighted by Gasteiger charge is -2.72. The number of ketones is 1. The summed E-state index contributed by atoms with van der Waals surface area (Å²) in [5.74, 6) is 0.234. The molecule has 5 aliphatic carbocycles. The molecule has 5 aliphatic rings. The van der Waals surface area contributed by atoms with Crippen molar-refractivity contribution < 1.29 is 19.8 Å². The Kier molecular flexibility index (Phi) is 5.50. The van der Waals surface area contributed by atoms with E-state index in [9.17, 15) is 19.8 Å². The molecule has 4 saturated carbocycles. The van der Waals surface area contributed by atoms with E-state index in [1.165, 1.54) is 5.57 Å². The number of hydrogen-bond donors (Lipinski definition) is 2. The third-order valence-electron chi connectivity index (χ3n) is 13.9. The monoisotopic (exact) mass is 498 g/mol. The number of fused-ring (bicyclic) bond motifs is 7. The zero-order valence-electron chi connectivity index (χ0n) is 24.1. The normalized spacial score (nSPS) is 51.0. The van der Waals surface area contributed by atoms with Crippen molar-refractivity contribution in [3.8, 4) is 0 Å². The molecule has 4 fully saturated rings. The second-order valence-corrected chi connectivity index (χ2v) is 15.8. The van der Waals surface area contributed by atoms with E-state index in [2.05, 4.69) is 54.5 Å². The Labute approximate surface area is 218 Å². The minimum absolute atomic E-state index is 0.000593. The lowest BCUT2D eigenvalue weighted by Crippen LogP contribution is -2.68. The Hall–Kier alpha value is -1.16. The number of Topliss-reactive ketones (excluding diaryl/α,β-unsaturated/α-hetero) is 1. The molecule has 2 N–H and O–H groups in total. The summed E-state index contributed by atoms with van der Waals surface area (Å²) < 4.78 is 0. The maximum absolute atomic E-state index is 12.8.